The predicted octanol–water partition coefficient (Wildman–Crippen LogP) is 3.25. The van der Waals surface area contributed by atoms with Crippen molar-refractivity contribution in [2.24, 2.45) is 0 Å². The Kier molecular flexibility index (Phi) is 2.23. The van der Waals surface area contributed by atoms with Gasteiger partial charge in [-0.15, -0.1) is 11.3 Å². The van der Waals surface area contributed by atoms with Crippen LogP contribution in [0, 0.1) is 0 Å². The molecule has 2 aromatic heterocycles. The molecule has 0 amide bonds. The van der Waals surface area contributed by atoms with Crippen LogP contribution in [0.25, 0.3) is 20.7 Å². The second-order valence-corrected chi connectivity index (χ2v) is 4.84. The van der Waals surface area contributed by atoms with Crippen molar-refractivity contribution in [2.45, 2.75) is 0 Å². The van der Waals surface area contributed by atoms with Gasteiger partial charge in [0.1, 0.15) is 5.75 Å². The summed E-state index contributed by atoms with van der Waals surface area (Å²) in [6.45, 7) is 0. The fourth-order valence-corrected chi connectivity index (χ4v) is 2.77. The molecule has 3 rings (SSSR count). The fourth-order valence-electron chi connectivity index (χ4n) is 1.72. The molecule has 0 radical (unpaired) electrons. The van der Waals surface area contributed by atoms with Gasteiger partial charge in [0, 0.05) is 0 Å². The molecule has 0 fully saturated rings. The minimum Gasteiger partial charge on any atom is -0.506 e. The highest BCUT2D eigenvalue weighted by atomic mass is 32.1. The Hall–Kier alpha value is -2.07. The second kappa shape index (κ2) is 3.75. The van der Waals surface area contributed by atoms with Gasteiger partial charge in [0.25, 0.3) is 0 Å². The highest BCUT2D eigenvalue weighted by molar-refractivity contribution is 7.22. The van der Waals surface area contributed by atoms with E-state index in [2.05, 4.69) is 4.98 Å². The Labute approximate surface area is 102 Å². The largest absolute Gasteiger partial charge is 0.506 e. The normalized spacial score (nSPS) is 10.8. The van der Waals surface area contributed by atoms with Crippen molar-refractivity contribution in [3.63, 3.8) is 0 Å². The zero-order valence-electron chi connectivity index (χ0n) is 8.92. The van der Waals surface area contributed by atoms with Crippen molar-refractivity contribution in [1.29, 1.82) is 0 Å². The number of aromatic hydroxyl groups is 1. The van der Waals surface area contributed by atoms with Gasteiger partial charge in [-0.1, -0.05) is 12.1 Å². The quantitative estimate of drug-likeness (QED) is 0.688. The highest BCUT2D eigenvalue weighted by Gasteiger charge is 2.07. The van der Waals surface area contributed by atoms with Crippen LogP contribution in [0.3, 0.4) is 0 Å². The Morgan fingerprint density at radius 1 is 1.18 bits per heavy atom. The van der Waals surface area contributed by atoms with Crippen molar-refractivity contribution >= 4 is 27.1 Å². The Balaban J connectivity index is 2.18. The lowest BCUT2D eigenvalue weighted by molar-refractivity contribution is 0.482. The number of thiophene rings is 1. The van der Waals surface area contributed by atoms with Crippen LogP contribution in [0.4, 0.5) is 5.69 Å². The fraction of sp³-hybridized carbons (Fsp3) is 0. The molecule has 0 aliphatic heterocycles. The first-order chi connectivity index (χ1) is 8.24. The first kappa shape index (κ1) is 10.1. The van der Waals surface area contributed by atoms with E-state index in [0.29, 0.717) is 11.4 Å². The molecule has 0 aliphatic carbocycles. The molecule has 0 bridgehead atoms. The third-order valence-electron chi connectivity index (χ3n) is 2.56. The molecule has 0 unspecified atom stereocenters. The number of hydrogen-bond acceptors (Lipinski definition) is 4. The molecule has 0 saturated carbocycles. The van der Waals surface area contributed by atoms with E-state index in [1.165, 1.54) is 11.3 Å². The van der Waals surface area contributed by atoms with Gasteiger partial charge in [0.15, 0.2) is 0 Å². The molecule has 3 aromatic rings. The number of nitrogen functional groups attached to an aromatic ring is 1. The van der Waals surface area contributed by atoms with Gasteiger partial charge >= 0.3 is 0 Å². The van der Waals surface area contributed by atoms with E-state index in [0.717, 1.165) is 20.7 Å². The molecule has 2 heterocycles. The molecular weight excluding hydrogens is 232 g/mol. The third kappa shape index (κ3) is 1.72. The summed E-state index contributed by atoms with van der Waals surface area (Å²) in [5, 5.41) is 10.8. The van der Waals surface area contributed by atoms with Crippen LogP contribution in [0.2, 0.25) is 0 Å². The monoisotopic (exact) mass is 242 g/mol. The van der Waals surface area contributed by atoms with Crippen molar-refractivity contribution in [1.82, 2.24) is 4.98 Å². The van der Waals surface area contributed by atoms with Gasteiger partial charge in [-0.3, -0.25) is 4.98 Å². The van der Waals surface area contributed by atoms with Crippen LogP contribution < -0.4 is 5.73 Å². The van der Waals surface area contributed by atoms with Gasteiger partial charge in [-0.05, 0) is 29.7 Å². The summed E-state index contributed by atoms with van der Waals surface area (Å²) >= 11 is 1.53. The Morgan fingerprint density at radius 3 is 2.76 bits per heavy atom. The minimum atomic E-state index is 0.314. The lowest BCUT2D eigenvalue weighted by atomic mass is 10.2. The molecule has 84 valence electrons. The maximum Gasteiger partial charge on any atom is 0.133 e. The van der Waals surface area contributed by atoms with Crippen LogP contribution in [0.5, 0.6) is 5.75 Å². The third-order valence-corrected chi connectivity index (χ3v) is 3.76. The van der Waals surface area contributed by atoms with Crippen molar-refractivity contribution < 1.29 is 5.11 Å². The maximum absolute atomic E-state index is 9.75. The average Bonchev–Trinajstić information content (AvgIpc) is 2.75. The van der Waals surface area contributed by atoms with Crippen LogP contribution >= 0.6 is 11.3 Å². The average molecular weight is 242 g/mol. The lowest BCUT2D eigenvalue weighted by Crippen LogP contribution is -1.86. The first-order valence-electron chi connectivity index (χ1n) is 5.17. The summed E-state index contributed by atoms with van der Waals surface area (Å²) in [5.41, 5.74) is 7.13. The molecule has 4 heteroatoms. The van der Waals surface area contributed by atoms with Gasteiger partial charge in [0.05, 0.1) is 27.2 Å². The van der Waals surface area contributed by atoms with E-state index in [1.54, 1.807) is 12.3 Å². The summed E-state index contributed by atoms with van der Waals surface area (Å²) < 4.78 is 0.890. The van der Waals surface area contributed by atoms with Gasteiger partial charge in [-0.25, -0.2) is 0 Å². The van der Waals surface area contributed by atoms with E-state index >= 15 is 0 Å². The smallest absolute Gasteiger partial charge is 0.133 e. The van der Waals surface area contributed by atoms with E-state index in [1.807, 2.05) is 30.3 Å². The van der Waals surface area contributed by atoms with Gasteiger partial charge in [0.2, 0.25) is 0 Å². The number of benzene rings is 1. The summed E-state index contributed by atoms with van der Waals surface area (Å²) in [4.78, 5) is 5.31. The number of nitrogens with zero attached hydrogens (tertiary/aromatic N) is 1. The summed E-state index contributed by atoms with van der Waals surface area (Å²) in [7, 11) is 0. The molecule has 17 heavy (non-hydrogen) atoms. The number of phenols is 1. The number of fused-ring (bicyclic) bond motifs is 1. The lowest BCUT2D eigenvalue weighted by Gasteiger charge is -1.96. The molecule has 1 aromatic carbocycles. The number of anilines is 1. The minimum absolute atomic E-state index is 0.314. The first-order valence-corrected chi connectivity index (χ1v) is 5.99. The van der Waals surface area contributed by atoms with Crippen LogP contribution in [-0.2, 0) is 0 Å². The Bertz CT molecular complexity index is 673. The number of pyridine rings is 1. The zero-order chi connectivity index (χ0) is 11.8. The van der Waals surface area contributed by atoms with E-state index in [-0.39, 0.29) is 0 Å². The number of hydrogen-bond donors (Lipinski definition) is 2. The topological polar surface area (TPSA) is 59.1 Å². The Morgan fingerprint density at radius 2 is 2.06 bits per heavy atom. The molecule has 0 spiro atoms. The van der Waals surface area contributed by atoms with Crippen LogP contribution in [0.1, 0.15) is 0 Å². The molecule has 0 aliphatic rings. The van der Waals surface area contributed by atoms with E-state index in [9.17, 15) is 5.11 Å². The molecule has 3 nitrogen and oxygen atoms in total. The molecule has 0 saturated heterocycles. The van der Waals surface area contributed by atoms with E-state index < -0.39 is 0 Å². The molecule has 0 atom stereocenters. The van der Waals surface area contributed by atoms with E-state index in [4.69, 9.17) is 5.73 Å². The SMILES string of the molecule is Nc1ccc(-c2cc3cccc(O)c3s2)nc1. The highest BCUT2D eigenvalue weighted by Crippen LogP contribution is 2.37. The van der Waals surface area contributed by atoms with Crippen molar-refractivity contribution in [2.75, 3.05) is 5.73 Å². The molecular formula is C13H10N2OS. The maximum atomic E-state index is 9.75. The summed E-state index contributed by atoms with van der Waals surface area (Å²) in [5.74, 6) is 0.314. The summed E-state index contributed by atoms with van der Waals surface area (Å²) in [6, 6.07) is 11.2. The van der Waals surface area contributed by atoms with Crippen molar-refractivity contribution in [3.05, 3.63) is 42.6 Å². The predicted molar refractivity (Wildman–Crippen MR) is 71.1 cm³/mol. The molecule has 3 N–H and O–H groups in total. The summed E-state index contributed by atoms with van der Waals surface area (Å²) in [6.07, 6.45) is 1.64. The van der Waals surface area contributed by atoms with Gasteiger partial charge in [-0.2, -0.15) is 0 Å². The standard InChI is InChI=1S/C13H10N2OS/c14-9-4-5-10(15-7-9)12-6-8-2-1-3-11(16)13(8)17-12/h1-7,16H,14H2. The van der Waals surface area contributed by atoms with Crippen molar-refractivity contribution in [3.8, 4) is 16.3 Å². The zero-order valence-corrected chi connectivity index (χ0v) is 9.74. The van der Waals surface area contributed by atoms with Gasteiger partial charge < -0.3 is 10.8 Å². The van der Waals surface area contributed by atoms with Crippen LogP contribution in [-0.4, -0.2) is 10.1 Å². The van der Waals surface area contributed by atoms with Crippen LogP contribution in [0.15, 0.2) is 42.6 Å². The second-order valence-electron chi connectivity index (χ2n) is 3.78. The number of phenolic OH excluding ortho intramolecular Hbond substituents is 1. The number of nitrogens with two attached hydrogens (primary N) is 1. The number of rotatable bonds is 1. The number of aromatic nitrogens is 1.